The van der Waals surface area contributed by atoms with E-state index < -0.39 is 35.0 Å². The van der Waals surface area contributed by atoms with Gasteiger partial charge in [-0.1, -0.05) is 55.1 Å². The third-order valence-corrected chi connectivity index (χ3v) is 4.93. The van der Waals surface area contributed by atoms with Gasteiger partial charge in [0.05, 0.1) is 18.1 Å². The summed E-state index contributed by atoms with van der Waals surface area (Å²) in [5, 5.41) is 0. The molecule has 1 aliphatic rings. The van der Waals surface area contributed by atoms with E-state index in [2.05, 4.69) is 6.58 Å². The van der Waals surface area contributed by atoms with E-state index in [-0.39, 0.29) is 17.7 Å². The predicted molar refractivity (Wildman–Crippen MR) is 114 cm³/mol. The van der Waals surface area contributed by atoms with Crippen LogP contribution in [0.3, 0.4) is 0 Å². The highest BCUT2D eigenvalue weighted by Gasteiger charge is 2.60. The Morgan fingerprint density at radius 1 is 1.06 bits per heavy atom. The average Bonchev–Trinajstić information content (AvgIpc) is 3.02. The van der Waals surface area contributed by atoms with Gasteiger partial charge in [0.15, 0.2) is 0 Å². The molecule has 0 radical (unpaired) electrons. The van der Waals surface area contributed by atoms with Gasteiger partial charge in [-0.15, -0.1) is 0 Å². The van der Waals surface area contributed by atoms with Gasteiger partial charge >= 0.3 is 17.9 Å². The van der Waals surface area contributed by atoms with Gasteiger partial charge in [-0.2, -0.15) is 0 Å². The van der Waals surface area contributed by atoms with Crippen molar-refractivity contribution in [2.24, 2.45) is 0 Å². The number of esters is 3. The van der Waals surface area contributed by atoms with Gasteiger partial charge in [-0.25, -0.2) is 14.4 Å². The first-order chi connectivity index (χ1) is 14.6. The Morgan fingerprint density at radius 3 is 2.29 bits per heavy atom. The molecule has 3 rings (SSSR count). The zero-order valence-corrected chi connectivity index (χ0v) is 18.1. The van der Waals surface area contributed by atoms with Crippen LogP contribution in [0.5, 0.6) is 0 Å². The SMILES string of the molecule is C=C(C(=O)OCC)[C@H](c1ccccc1)[C@]1(C(=O)OC(C)(C)C)OC(=O)c2ccccc21. The second-order valence-corrected chi connectivity index (χ2v) is 8.26. The third-order valence-electron chi connectivity index (χ3n) is 4.93. The first kappa shape index (κ1) is 22.3. The van der Waals surface area contributed by atoms with E-state index in [9.17, 15) is 14.4 Å². The zero-order chi connectivity index (χ0) is 22.8. The summed E-state index contributed by atoms with van der Waals surface area (Å²) in [7, 11) is 0. The molecule has 2 aromatic rings. The van der Waals surface area contributed by atoms with Gasteiger partial charge < -0.3 is 14.2 Å². The molecule has 1 heterocycles. The van der Waals surface area contributed by atoms with Crippen LogP contribution < -0.4 is 0 Å². The number of rotatable bonds is 6. The fraction of sp³-hybridized carbons (Fsp3) is 0.320. The van der Waals surface area contributed by atoms with E-state index in [1.807, 2.05) is 6.07 Å². The van der Waals surface area contributed by atoms with Crippen LogP contribution >= 0.6 is 0 Å². The summed E-state index contributed by atoms with van der Waals surface area (Å²) in [6.45, 7) is 10.9. The van der Waals surface area contributed by atoms with Crippen molar-refractivity contribution >= 4 is 17.9 Å². The quantitative estimate of drug-likeness (QED) is 0.392. The molecule has 162 valence electrons. The maximum atomic E-state index is 13.7. The Kier molecular flexibility index (Phi) is 6.02. The minimum atomic E-state index is -1.92. The summed E-state index contributed by atoms with van der Waals surface area (Å²) in [5.41, 5.74) is -1.66. The molecular weight excluding hydrogens is 396 g/mol. The number of hydrogen-bond donors (Lipinski definition) is 0. The van der Waals surface area contributed by atoms with E-state index in [1.165, 1.54) is 0 Å². The first-order valence-electron chi connectivity index (χ1n) is 10.1. The highest BCUT2D eigenvalue weighted by atomic mass is 16.6. The summed E-state index contributed by atoms with van der Waals surface area (Å²) in [6.07, 6.45) is 0. The maximum Gasteiger partial charge on any atom is 0.357 e. The number of hydrogen-bond acceptors (Lipinski definition) is 6. The Morgan fingerprint density at radius 2 is 1.68 bits per heavy atom. The molecule has 0 N–H and O–H groups in total. The standard InChI is InChI=1S/C25H26O6/c1-6-29-21(26)16(2)20(17-12-8-7-9-13-17)25(23(28)31-24(3,4)5)19-15-11-10-14-18(19)22(27)30-25/h7-15,20H,2,6H2,1,3-5H3/t20-,25-/m1/s1. The highest BCUT2D eigenvalue weighted by molar-refractivity contribution is 6.03. The summed E-state index contributed by atoms with van der Waals surface area (Å²) in [5.74, 6) is -3.17. The van der Waals surface area contributed by atoms with Crippen molar-refractivity contribution in [2.45, 2.75) is 44.8 Å². The molecule has 0 fully saturated rings. The lowest BCUT2D eigenvalue weighted by atomic mass is 9.73. The molecule has 6 heteroatoms. The molecule has 0 spiro atoms. The molecule has 0 unspecified atom stereocenters. The van der Waals surface area contributed by atoms with Crippen molar-refractivity contribution < 1.29 is 28.6 Å². The average molecular weight is 422 g/mol. The Labute approximate surface area is 181 Å². The summed E-state index contributed by atoms with van der Waals surface area (Å²) in [6, 6.07) is 15.4. The van der Waals surface area contributed by atoms with Crippen molar-refractivity contribution in [1.82, 2.24) is 0 Å². The number of fused-ring (bicyclic) bond motifs is 1. The lowest BCUT2D eigenvalue weighted by Gasteiger charge is -2.37. The molecule has 1 aliphatic heterocycles. The van der Waals surface area contributed by atoms with E-state index in [4.69, 9.17) is 14.2 Å². The van der Waals surface area contributed by atoms with Gasteiger partial charge in [0, 0.05) is 11.1 Å². The molecule has 0 amide bonds. The fourth-order valence-corrected chi connectivity index (χ4v) is 3.75. The van der Waals surface area contributed by atoms with Crippen LogP contribution in [-0.4, -0.2) is 30.1 Å². The molecule has 0 saturated carbocycles. The third kappa shape index (κ3) is 4.10. The van der Waals surface area contributed by atoms with Crippen molar-refractivity contribution in [1.29, 1.82) is 0 Å². The first-order valence-corrected chi connectivity index (χ1v) is 10.1. The van der Waals surface area contributed by atoms with Crippen LogP contribution in [0.1, 0.15) is 55.1 Å². The molecule has 0 bridgehead atoms. The Balaban J connectivity index is 2.30. The molecule has 0 saturated heterocycles. The lowest BCUT2D eigenvalue weighted by molar-refractivity contribution is -0.179. The van der Waals surface area contributed by atoms with Crippen molar-refractivity contribution in [3.05, 3.63) is 83.4 Å². The van der Waals surface area contributed by atoms with Crippen LogP contribution in [0.15, 0.2) is 66.7 Å². The normalized spacial score (nSPS) is 18.5. The molecular formula is C25H26O6. The van der Waals surface area contributed by atoms with Gasteiger partial charge in [0.2, 0.25) is 5.60 Å². The largest absolute Gasteiger partial charge is 0.463 e. The summed E-state index contributed by atoms with van der Waals surface area (Å²) >= 11 is 0. The van der Waals surface area contributed by atoms with E-state index in [0.717, 1.165) is 0 Å². The zero-order valence-electron chi connectivity index (χ0n) is 18.1. The van der Waals surface area contributed by atoms with E-state index in [0.29, 0.717) is 11.1 Å². The molecule has 2 atom stereocenters. The van der Waals surface area contributed by atoms with Gasteiger partial charge in [0.25, 0.3) is 0 Å². The van der Waals surface area contributed by atoms with Crippen LogP contribution in [0.4, 0.5) is 0 Å². The predicted octanol–water partition coefficient (Wildman–Crippen LogP) is 4.30. The molecule has 0 aromatic heterocycles. The van der Waals surface area contributed by atoms with E-state index >= 15 is 0 Å². The van der Waals surface area contributed by atoms with Crippen LogP contribution in [0, 0.1) is 0 Å². The van der Waals surface area contributed by atoms with Gasteiger partial charge in [0.1, 0.15) is 5.60 Å². The second-order valence-electron chi connectivity index (χ2n) is 8.26. The molecule has 31 heavy (non-hydrogen) atoms. The number of carbonyl (C=O) groups is 3. The summed E-state index contributed by atoms with van der Waals surface area (Å²) in [4.78, 5) is 39.3. The Hall–Kier alpha value is -3.41. The van der Waals surface area contributed by atoms with E-state index in [1.54, 1.807) is 76.2 Å². The molecule has 2 aromatic carbocycles. The number of carbonyl (C=O) groups excluding carboxylic acids is 3. The number of cyclic esters (lactones) is 1. The second kappa shape index (κ2) is 8.38. The monoisotopic (exact) mass is 422 g/mol. The van der Waals surface area contributed by atoms with Crippen LogP contribution in [0.25, 0.3) is 0 Å². The molecule has 6 nitrogen and oxygen atoms in total. The minimum Gasteiger partial charge on any atom is -0.463 e. The van der Waals surface area contributed by atoms with Crippen LogP contribution in [-0.2, 0) is 29.4 Å². The van der Waals surface area contributed by atoms with Crippen molar-refractivity contribution in [3.8, 4) is 0 Å². The number of ether oxygens (including phenoxy) is 3. The fourth-order valence-electron chi connectivity index (χ4n) is 3.75. The van der Waals surface area contributed by atoms with Gasteiger partial charge in [-0.05, 0) is 39.3 Å². The Bertz CT molecular complexity index is 1020. The van der Waals surface area contributed by atoms with Crippen molar-refractivity contribution in [3.63, 3.8) is 0 Å². The topological polar surface area (TPSA) is 78.9 Å². The highest BCUT2D eigenvalue weighted by Crippen LogP contribution is 2.51. The van der Waals surface area contributed by atoms with Crippen molar-refractivity contribution in [2.75, 3.05) is 6.61 Å². The summed E-state index contributed by atoms with van der Waals surface area (Å²) < 4.78 is 16.7. The van der Waals surface area contributed by atoms with Gasteiger partial charge in [-0.3, -0.25) is 0 Å². The maximum absolute atomic E-state index is 13.7. The minimum absolute atomic E-state index is 0.0107. The van der Waals surface area contributed by atoms with Crippen LogP contribution in [0.2, 0.25) is 0 Å². The number of benzene rings is 2. The molecule has 0 aliphatic carbocycles. The smallest absolute Gasteiger partial charge is 0.357 e. The lowest BCUT2D eigenvalue weighted by Crippen LogP contribution is -2.47.